The second kappa shape index (κ2) is 5.59. The minimum Gasteiger partial charge on any atom is -0.382 e. The van der Waals surface area contributed by atoms with E-state index in [-0.39, 0.29) is 6.04 Å². The molecule has 0 spiro atoms. The van der Waals surface area contributed by atoms with Gasteiger partial charge in [-0.15, -0.1) is 0 Å². The molecule has 4 rings (SSSR count). The van der Waals surface area contributed by atoms with E-state index in [0.29, 0.717) is 6.61 Å². The van der Waals surface area contributed by atoms with Crippen molar-refractivity contribution in [2.45, 2.75) is 19.1 Å². The molecule has 5 heteroatoms. The van der Waals surface area contributed by atoms with Crippen LogP contribution in [-0.4, -0.2) is 39.9 Å². The Kier molecular flexibility index (Phi) is 3.44. The van der Waals surface area contributed by atoms with Crippen molar-refractivity contribution < 1.29 is 4.74 Å². The van der Waals surface area contributed by atoms with Gasteiger partial charge in [-0.05, 0) is 23.8 Å². The summed E-state index contributed by atoms with van der Waals surface area (Å²) in [5.41, 5.74) is 3.82. The van der Waals surface area contributed by atoms with Gasteiger partial charge < -0.3 is 9.72 Å². The molecule has 1 aliphatic rings. The van der Waals surface area contributed by atoms with Crippen LogP contribution in [-0.2, 0) is 17.8 Å². The molecule has 5 nitrogen and oxygen atoms in total. The summed E-state index contributed by atoms with van der Waals surface area (Å²) in [5, 5.41) is 5.76. The van der Waals surface area contributed by atoms with Gasteiger partial charge in [0.1, 0.15) is 0 Å². The number of methoxy groups -OCH3 is 1. The molecular weight excluding hydrogens is 276 g/mol. The van der Waals surface area contributed by atoms with Crippen molar-refractivity contribution in [2.24, 2.45) is 0 Å². The Hall–Kier alpha value is -2.11. The second-order valence-electron chi connectivity index (χ2n) is 5.90. The van der Waals surface area contributed by atoms with Gasteiger partial charge in [-0.25, -0.2) is 0 Å². The van der Waals surface area contributed by atoms with E-state index in [1.807, 2.05) is 12.4 Å². The minimum absolute atomic E-state index is 0.286. The Morgan fingerprint density at radius 1 is 1.32 bits per heavy atom. The first-order chi connectivity index (χ1) is 10.8. The molecule has 3 aromatic rings. The molecule has 0 unspecified atom stereocenters. The lowest BCUT2D eigenvalue weighted by molar-refractivity contribution is 0.0909. The first kappa shape index (κ1) is 13.5. The van der Waals surface area contributed by atoms with E-state index in [0.717, 1.165) is 19.6 Å². The minimum atomic E-state index is 0.286. The molecule has 0 radical (unpaired) electrons. The van der Waals surface area contributed by atoms with Crippen molar-refractivity contribution in [3.05, 3.63) is 54.0 Å². The summed E-state index contributed by atoms with van der Waals surface area (Å²) in [7, 11) is 1.75. The van der Waals surface area contributed by atoms with Gasteiger partial charge in [-0.3, -0.25) is 9.58 Å². The monoisotopic (exact) mass is 296 g/mol. The fourth-order valence-electron chi connectivity index (χ4n) is 3.43. The quantitative estimate of drug-likeness (QED) is 0.805. The largest absolute Gasteiger partial charge is 0.382 e. The van der Waals surface area contributed by atoms with E-state index in [2.05, 4.69) is 50.0 Å². The topological polar surface area (TPSA) is 46.1 Å². The number of fused-ring (bicyclic) bond motifs is 2. The van der Waals surface area contributed by atoms with E-state index in [1.165, 1.54) is 22.2 Å². The first-order valence-electron chi connectivity index (χ1n) is 7.64. The molecular formula is C17H20N4O. The highest BCUT2D eigenvalue weighted by Gasteiger charge is 2.25. The summed E-state index contributed by atoms with van der Waals surface area (Å²) in [4.78, 5) is 5.76. The molecule has 1 N–H and O–H groups in total. The number of ether oxygens (including phenoxy) is 1. The van der Waals surface area contributed by atoms with Crippen LogP contribution < -0.4 is 0 Å². The van der Waals surface area contributed by atoms with Crippen molar-refractivity contribution in [1.82, 2.24) is 19.7 Å². The van der Waals surface area contributed by atoms with Crippen LogP contribution in [0.5, 0.6) is 0 Å². The van der Waals surface area contributed by atoms with Gasteiger partial charge in [0.05, 0.1) is 18.3 Å². The number of aromatic amines is 1. The zero-order valence-corrected chi connectivity index (χ0v) is 12.7. The van der Waals surface area contributed by atoms with Gasteiger partial charge >= 0.3 is 0 Å². The molecule has 0 saturated carbocycles. The summed E-state index contributed by atoms with van der Waals surface area (Å²) < 4.78 is 7.48. The van der Waals surface area contributed by atoms with E-state index in [1.54, 1.807) is 7.11 Å². The van der Waals surface area contributed by atoms with Crippen molar-refractivity contribution in [3.8, 4) is 0 Å². The van der Waals surface area contributed by atoms with Crippen LogP contribution in [0.2, 0.25) is 0 Å². The Balaban J connectivity index is 1.60. The zero-order chi connectivity index (χ0) is 14.9. The molecule has 2 aromatic heterocycles. The predicted octanol–water partition coefficient (Wildman–Crippen LogP) is 2.57. The number of nitrogens with one attached hydrogen (secondary N) is 1. The van der Waals surface area contributed by atoms with Gasteiger partial charge in [-0.2, -0.15) is 5.10 Å². The molecule has 0 bridgehead atoms. The number of hydrogen-bond acceptors (Lipinski definition) is 3. The summed E-state index contributed by atoms with van der Waals surface area (Å²) >= 11 is 0. The standard InChI is InChI=1S/C17H20N4O/c1-22-12-15-11-20(10-14-5-8-19-21(14)15)9-13-3-2-4-17-16(13)6-7-18-17/h2-8,15,18H,9-12H2,1H3/t15-/m0/s1. The maximum Gasteiger partial charge on any atom is 0.0882 e. The van der Waals surface area contributed by atoms with E-state index in [9.17, 15) is 0 Å². The Labute approximate surface area is 129 Å². The molecule has 0 amide bonds. The lowest BCUT2D eigenvalue weighted by atomic mass is 10.1. The maximum atomic E-state index is 5.37. The van der Waals surface area contributed by atoms with Crippen LogP contribution in [0.3, 0.4) is 0 Å². The SMILES string of the molecule is COC[C@@H]1CN(Cc2cccc3[nH]ccc23)Cc2ccnn21. The number of aromatic nitrogens is 3. The van der Waals surface area contributed by atoms with Gasteiger partial charge in [0, 0.05) is 50.0 Å². The van der Waals surface area contributed by atoms with Gasteiger partial charge in [0.25, 0.3) is 0 Å². The average Bonchev–Trinajstić information content (AvgIpc) is 3.16. The number of H-pyrrole nitrogens is 1. The van der Waals surface area contributed by atoms with Crippen molar-refractivity contribution >= 4 is 10.9 Å². The number of hydrogen-bond donors (Lipinski definition) is 1. The number of benzene rings is 1. The highest BCUT2D eigenvalue weighted by Crippen LogP contribution is 2.25. The average molecular weight is 296 g/mol. The Morgan fingerprint density at radius 2 is 2.27 bits per heavy atom. The van der Waals surface area contributed by atoms with Crippen LogP contribution in [0, 0.1) is 0 Å². The Bertz CT molecular complexity index is 776. The Morgan fingerprint density at radius 3 is 3.18 bits per heavy atom. The molecule has 1 atom stereocenters. The molecule has 1 aliphatic heterocycles. The summed E-state index contributed by atoms with van der Waals surface area (Å²) in [6.45, 7) is 3.53. The molecule has 3 heterocycles. The van der Waals surface area contributed by atoms with Crippen molar-refractivity contribution in [1.29, 1.82) is 0 Å². The second-order valence-corrected chi connectivity index (χ2v) is 5.90. The van der Waals surface area contributed by atoms with E-state index in [4.69, 9.17) is 4.74 Å². The van der Waals surface area contributed by atoms with Crippen molar-refractivity contribution in [3.63, 3.8) is 0 Å². The van der Waals surface area contributed by atoms with Crippen LogP contribution in [0.4, 0.5) is 0 Å². The number of rotatable bonds is 4. The third-order valence-electron chi connectivity index (χ3n) is 4.39. The normalized spacial score (nSPS) is 18.7. The third-order valence-corrected chi connectivity index (χ3v) is 4.39. The smallest absolute Gasteiger partial charge is 0.0882 e. The number of nitrogens with zero attached hydrogens (tertiary/aromatic N) is 3. The van der Waals surface area contributed by atoms with Gasteiger partial charge in [0.2, 0.25) is 0 Å². The van der Waals surface area contributed by atoms with Crippen LogP contribution in [0.25, 0.3) is 10.9 Å². The fraction of sp³-hybridized carbons (Fsp3) is 0.353. The van der Waals surface area contributed by atoms with Gasteiger partial charge in [0.15, 0.2) is 0 Å². The highest BCUT2D eigenvalue weighted by molar-refractivity contribution is 5.82. The highest BCUT2D eigenvalue weighted by atomic mass is 16.5. The lowest BCUT2D eigenvalue weighted by Crippen LogP contribution is -2.39. The molecule has 0 aliphatic carbocycles. The fourth-order valence-corrected chi connectivity index (χ4v) is 3.43. The lowest BCUT2D eigenvalue weighted by Gasteiger charge is -2.33. The molecule has 22 heavy (non-hydrogen) atoms. The molecule has 0 fully saturated rings. The summed E-state index contributed by atoms with van der Waals surface area (Å²) in [5.74, 6) is 0. The van der Waals surface area contributed by atoms with Crippen LogP contribution in [0.1, 0.15) is 17.3 Å². The van der Waals surface area contributed by atoms with Crippen LogP contribution in [0.15, 0.2) is 42.7 Å². The van der Waals surface area contributed by atoms with E-state index < -0.39 is 0 Å². The molecule has 1 aromatic carbocycles. The summed E-state index contributed by atoms with van der Waals surface area (Å²) in [6.07, 6.45) is 3.89. The van der Waals surface area contributed by atoms with E-state index >= 15 is 0 Å². The third kappa shape index (κ3) is 2.32. The summed E-state index contributed by atoms with van der Waals surface area (Å²) in [6, 6.07) is 11.0. The maximum absolute atomic E-state index is 5.37. The van der Waals surface area contributed by atoms with Crippen molar-refractivity contribution in [2.75, 3.05) is 20.3 Å². The molecule has 0 saturated heterocycles. The first-order valence-corrected chi connectivity index (χ1v) is 7.64. The van der Waals surface area contributed by atoms with Gasteiger partial charge in [-0.1, -0.05) is 12.1 Å². The van der Waals surface area contributed by atoms with Crippen LogP contribution >= 0.6 is 0 Å². The molecule has 114 valence electrons. The zero-order valence-electron chi connectivity index (χ0n) is 12.7. The predicted molar refractivity (Wildman–Crippen MR) is 85.6 cm³/mol.